The van der Waals surface area contributed by atoms with E-state index in [1.54, 1.807) is 62.4 Å². The summed E-state index contributed by atoms with van der Waals surface area (Å²) in [5, 5.41) is 16.0. The van der Waals surface area contributed by atoms with E-state index in [0.717, 1.165) is 5.56 Å². The zero-order valence-corrected chi connectivity index (χ0v) is 13.5. The van der Waals surface area contributed by atoms with Crippen molar-refractivity contribution in [2.24, 2.45) is 5.10 Å². The van der Waals surface area contributed by atoms with Gasteiger partial charge in [-0.15, -0.1) is 0 Å². The first-order valence-corrected chi connectivity index (χ1v) is 7.53. The maximum Gasteiger partial charge on any atom is 0.271 e. The molecule has 124 valence electrons. The summed E-state index contributed by atoms with van der Waals surface area (Å²) in [5.74, 6) is -0.256. The molecule has 0 aliphatic carbocycles. The second-order valence-electron chi connectivity index (χ2n) is 5.16. The molecule has 0 atom stereocenters. The molecule has 0 saturated carbocycles. The van der Waals surface area contributed by atoms with Gasteiger partial charge in [-0.25, -0.2) is 5.43 Å². The first-order valence-electron chi connectivity index (χ1n) is 7.53. The SMILES string of the molecule is CCC(=O)Nc1ccc(C(=O)N/N=C(\C)c2ccc(O)cc2)cc1. The lowest BCUT2D eigenvalue weighted by Crippen LogP contribution is -2.19. The molecule has 6 nitrogen and oxygen atoms in total. The van der Waals surface area contributed by atoms with Crippen LogP contribution < -0.4 is 10.7 Å². The minimum Gasteiger partial charge on any atom is -0.508 e. The van der Waals surface area contributed by atoms with E-state index in [1.165, 1.54) is 0 Å². The number of benzene rings is 2. The monoisotopic (exact) mass is 325 g/mol. The van der Waals surface area contributed by atoms with Crippen LogP contribution in [0.2, 0.25) is 0 Å². The van der Waals surface area contributed by atoms with Gasteiger partial charge < -0.3 is 10.4 Å². The predicted octanol–water partition coefficient (Wildman–Crippen LogP) is 2.89. The molecule has 2 rings (SSSR count). The Hall–Kier alpha value is -3.15. The maximum atomic E-state index is 12.1. The standard InChI is InChI=1S/C18H19N3O3/c1-3-17(23)19-15-8-4-14(5-9-15)18(24)21-20-12(2)13-6-10-16(22)11-7-13/h4-11,22H,3H2,1-2H3,(H,19,23)(H,21,24)/b20-12+. The molecule has 0 fully saturated rings. The molecule has 0 aromatic heterocycles. The number of hydrazone groups is 1. The molecular weight excluding hydrogens is 306 g/mol. The van der Waals surface area contributed by atoms with E-state index < -0.39 is 0 Å². The molecule has 3 N–H and O–H groups in total. The van der Waals surface area contributed by atoms with Crippen molar-refractivity contribution < 1.29 is 14.7 Å². The second kappa shape index (κ2) is 7.92. The normalized spacial score (nSPS) is 11.0. The van der Waals surface area contributed by atoms with Crippen LogP contribution in [0.25, 0.3) is 0 Å². The summed E-state index contributed by atoms with van der Waals surface area (Å²) >= 11 is 0. The average Bonchev–Trinajstić information content (AvgIpc) is 2.60. The third-order valence-electron chi connectivity index (χ3n) is 3.36. The lowest BCUT2D eigenvalue weighted by molar-refractivity contribution is -0.115. The quantitative estimate of drug-likeness (QED) is 0.583. The number of carbonyl (C=O) groups excluding carboxylic acids is 2. The van der Waals surface area contributed by atoms with Gasteiger partial charge in [-0.1, -0.05) is 6.92 Å². The highest BCUT2D eigenvalue weighted by molar-refractivity contribution is 6.01. The topological polar surface area (TPSA) is 90.8 Å². The molecule has 0 bridgehead atoms. The molecule has 0 aliphatic rings. The van der Waals surface area contributed by atoms with Gasteiger partial charge in [0.2, 0.25) is 5.91 Å². The molecule has 2 aromatic rings. The van der Waals surface area contributed by atoms with Gasteiger partial charge in [-0.2, -0.15) is 5.10 Å². The third kappa shape index (κ3) is 4.67. The number of amides is 2. The number of phenols is 1. The van der Waals surface area contributed by atoms with Crippen molar-refractivity contribution in [2.45, 2.75) is 20.3 Å². The predicted molar refractivity (Wildman–Crippen MR) is 93.1 cm³/mol. The van der Waals surface area contributed by atoms with Crippen LogP contribution in [0.15, 0.2) is 53.6 Å². The highest BCUT2D eigenvalue weighted by Crippen LogP contribution is 2.11. The van der Waals surface area contributed by atoms with Gasteiger partial charge in [-0.3, -0.25) is 9.59 Å². The number of anilines is 1. The minimum absolute atomic E-state index is 0.0821. The average molecular weight is 325 g/mol. The molecule has 0 heterocycles. The lowest BCUT2D eigenvalue weighted by Gasteiger charge is -2.06. The van der Waals surface area contributed by atoms with Gasteiger partial charge in [0.05, 0.1) is 5.71 Å². The van der Waals surface area contributed by atoms with Crippen molar-refractivity contribution in [1.82, 2.24) is 5.43 Å². The van der Waals surface area contributed by atoms with E-state index in [4.69, 9.17) is 0 Å². The first-order chi connectivity index (χ1) is 11.5. The van der Waals surface area contributed by atoms with Crippen LogP contribution in [0.4, 0.5) is 5.69 Å². The summed E-state index contributed by atoms with van der Waals surface area (Å²) in [6.07, 6.45) is 0.396. The second-order valence-corrected chi connectivity index (χ2v) is 5.16. The molecule has 0 unspecified atom stereocenters. The zero-order chi connectivity index (χ0) is 17.5. The van der Waals surface area contributed by atoms with Crippen LogP contribution in [-0.4, -0.2) is 22.6 Å². The Morgan fingerprint density at radius 1 is 1.00 bits per heavy atom. The summed E-state index contributed by atoms with van der Waals surface area (Å²) in [4.78, 5) is 23.4. The molecule has 0 saturated heterocycles. The van der Waals surface area contributed by atoms with Crippen LogP contribution >= 0.6 is 0 Å². The van der Waals surface area contributed by atoms with Crippen molar-refractivity contribution >= 4 is 23.2 Å². The summed E-state index contributed by atoms with van der Waals surface area (Å²) in [6, 6.07) is 13.1. The third-order valence-corrected chi connectivity index (χ3v) is 3.36. The van der Waals surface area contributed by atoms with Crippen molar-refractivity contribution in [2.75, 3.05) is 5.32 Å². The highest BCUT2D eigenvalue weighted by Gasteiger charge is 2.06. The minimum atomic E-state index is -0.346. The number of nitrogens with zero attached hydrogens (tertiary/aromatic N) is 1. The first kappa shape index (κ1) is 17.2. The fraction of sp³-hybridized carbons (Fsp3) is 0.167. The Balaban J connectivity index is 2.00. The van der Waals surface area contributed by atoms with Crippen LogP contribution in [0, 0.1) is 0 Å². The number of nitrogens with one attached hydrogen (secondary N) is 2. The van der Waals surface area contributed by atoms with Crippen LogP contribution in [-0.2, 0) is 4.79 Å². The number of rotatable bonds is 5. The smallest absolute Gasteiger partial charge is 0.271 e. The number of aromatic hydroxyl groups is 1. The number of phenolic OH excluding ortho intramolecular Hbond substituents is 1. The Bertz CT molecular complexity index is 750. The van der Waals surface area contributed by atoms with E-state index in [-0.39, 0.29) is 17.6 Å². The number of hydrogen-bond acceptors (Lipinski definition) is 4. The van der Waals surface area contributed by atoms with Crippen LogP contribution in [0.1, 0.15) is 36.2 Å². The van der Waals surface area contributed by atoms with Gasteiger partial charge >= 0.3 is 0 Å². The molecule has 0 spiro atoms. The van der Waals surface area contributed by atoms with Crippen molar-refractivity contribution in [3.8, 4) is 5.75 Å². The van der Waals surface area contributed by atoms with Gasteiger partial charge in [-0.05, 0) is 61.0 Å². The van der Waals surface area contributed by atoms with E-state index in [0.29, 0.717) is 23.4 Å². The highest BCUT2D eigenvalue weighted by atomic mass is 16.3. The molecule has 2 aromatic carbocycles. The Morgan fingerprint density at radius 3 is 2.17 bits per heavy atom. The Kier molecular flexibility index (Phi) is 5.68. The lowest BCUT2D eigenvalue weighted by atomic mass is 10.1. The molecule has 0 aliphatic heterocycles. The summed E-state index contributed by atoms with van der Waals surface area (Å²) in [6.45, 7) is 3.53. The largest absolute Gasteiger partial charge is 0.508 e. The number of hydrogen-bond donors (Lipinski definition) is 3. The maximum absolute atomic E-state index is 12.1. The van der Waals surface area contributed by atoms with Gasteiger partial charge in [0.1, 0.15) is 5.75 Å². The molecule has 2 amide bonds. The van der Waals surface area contributed by atoms with Gasteiger partial charge in [0.15, 0.2) is 0 Å². The van der Waals surface area contributed by atoms with Gasteiger partial charge in [0, 0.05) is 17.7 Å². The summed E-state index contributed by atoms with van der Waals surface area (Å²) < 4.78 is 0. The zero-order valence-electron chi connectivity index (χ0n) is 13.5. The number of carbonyl (C=O) groups is 2. The molecule has 6 heteroatoms. The fourth-order valence-corrected chi connectivity index (χ4v) is 1.92. The van der Waals surface area contributed by atoms with Crippen LogP contribution in [0.3, 0.4) is 0 Å². The van der Waals surface area contributed by atoms with E-state index >= 15 is 0 Å². The van der Waals surface area contributed by atoms with E-state index in [2.05, 4.69) is 15.8 Å². The Labute approximate surface area is 140 Å². The fourth-order valence-electron chi connectivity index (χ4n) is 1.92. The summed E-state index contributed by atoms with van der Waals surface area (Å²) in [7, 11) is 0. The van der Waals surface area contributed by atoms with Crippen LogP contribution in [0.5, 0.6) is 5.75 Å². The van der Waals surface area contributed by atoms with Crippen molar-refractivity contribution in [3.63, 3.8) is 0 Å². The Morgan fingerprint density at radius 2 is 1.58 bits per heavy atom. The van der Waals surface area contributed by atoms with Crippen molar-refractivity contribution in [3.05, 3.63) is 59.7 Å². The van der Waals surface area contributed by atoms with E-state index in [1.807, 2.05) is 0 Å². The van der Waals surface area contributed by atoms with Gasteiger partial charge in [0.25, 0.3) is 5.91 Å². The summed E-state index contributed by atoms with van der Waals surface area (Å²) in [5.41, 5.74) is 4.98. The van der Waals surface area contributed by atoms with Crippen molar-refractivity contribution in [1.29, 1.82) is 0 Å². The molecular formula is C18H19N3O3. The molecule has 24 heavy (non-hydrogen) atoms. The molecule has 0 radical (unpaired) electrons. The van der Waals surface area contributed by atoms with E-state index in [9.17, 15) is 14.7 Å².